The van der Waals surface area contributed by atoms with Gasteiger partial charge in [-0.2, -0.15) is 9.40 Å². The van der Waals surface area contributed by atoms with Crippen LogP contribution in [0.5, 0.6) is 5.75 Å². The Morgan fingerprint density at radius 2 is 1.77 bits per heavy atom. The minimum atomic E-state index is -3.64. The molecular formula is C22H23FN4O3S. The first-order valence-corrected chi connectivity index (χ1v) is 11.5. The quantitative estimate of drug-likeness (QED) is 0.657. The smallest absolute Gasteiger partial charge is 0.262 e. The molecule has 0 spiro atoms. The van der Waals surface area contributed by atoms with Gasteiger partial charge in [-0.25, -0.2) is 12.8 Å². The van der Waals surface area contributed by atoms with Gasteiger partial charge in [0, 0.05) is 31.4 Å². The molecule has 1 fully saturated rings. The van der Waals surface area contributed by atoms with E-state index in [2.05, 4.69) is 16.5 Å². The molecule has 0 atom stereocenters. The Kier molecular flexibility index (Phi) is 4.84. The van der Waals surface area contributed by atoms with Gasteiger partial charge in [0.2, 0.25) is 0 Å². The molecule has 0 bridgehead atoms. The molecule has 0 saturated carbocycles. The van der Waals surface area contributed by atoms with Gasteiger partial charge in [0.15, 0.2) is 5.03 Å². The van der Waals surface area contributed by atoms with E-state index >= 15 is 0 Å². The molecule has 5 rings (SSSR count). The van der Waals surface area contributed by atoms with E-state index in [1.54, 1.807) is 29.9 Å². The number of fused-ring (bicyclic) bond motifs is 1. The summed E-state index contributed by atoms with van der Waals surface area (Å²) in [5.74, 6) is 0.392. The van der Waals surface area contributed by atoms with Gasteiger partial charge in [0.25, 0.3) is 10.0 Å². The van der Waals surface area contributed by atoms with Gasteiger partial charge in [-0.3, -0.25) is 4.68 Å². The molecule has 2 aromatic carbocycles. The summed E-state index contributed by atoms with van der Waals surface area (Å²) in [5, 5.41) is 7.48. The lowest BCUT2D eigenvalue weighted by Gasteiger charge is -2.37. The van der Waals surface area contributed by atoms with Gasteiger partial charge in [0.1, 0.15) is 17.7 Å². The molecule has 31 heavy (non-hydrogen) atoms. The van der Waals surface area contributed by atoms with Crippen LogP contribution in [-0.2, 0) is 30.2 Å². The summed E-state index contributed by atoms with van der Waals surface area (Å²) in [7, 11) is -1.92. The number of rotatable bonds is 5. The average Bonchev–Trinajstić information content (AvgIpc) is 3.30. The molecule has 1 aromatic heterocycles. The average molecular weight is 443 g/mol. The van der Waals surface area contributed by atoms with E-state index in [-0.39, 0.29) is 30.0 Å². The summed E-state index contributed by atoms with van der Waals surface area (Å²) in [5.41, 5.74) is 4.87. The normalized spacial score (nSPS) is 16.9. The Morgan fingerprint density at radius 1 is 1.10 bits per heavy atom. The molecule has 2 aliphatic heterocycles. The van der Waals surface area contributed by atoms with Crippen LogP contribution in [0.25, 0.3) is 11.1 Å². The molecule has 0 amide bonds. The number of nitrogens with zero attached hydrogens (tertiary/aromatic N) is 3. The molecule has 162 valence electrons. The van der Waals surface area contributed by atoms with Crippen molar-refractivity contribution in [2.45, 2.75) is 31.1 Å². The third-order valence-corrected chi connectivity index (χ3v) is 7.60. The number of hydrogen-bond acceptors (Lipinski definition) is 5. The maximum atomic E-state index is 13.4. The summed E-state index contributed by atoms with van der Waals surface area (Å²) in [6, 6.07) is 12.0. The minimum absolute atomic E-state index is 0.0570. The maximum absolute atomic E-state index is 13.4. The van der Waals surface area contributed by atoms with Crippen LogP contribution >= 0.6 is 0 Å². The summed E-state index contributed by atoms with van der Waals surface area (Å²) in [4.78, 5) is 0. The first kappa shape index (κ1) is 20.2. The molecule has 7 nitrogen and oxygen atoms in total. The summed E-state index contributed by atoms with van der Waals surface area (Å²) < 4.78 is 48.2. The van der Waals surface area contributed by atoms with Crippen LogP contribution in [0.3, 0.4) is 0 Å². The predicted octanol–water partition coefficient (Wildman–Crippen LogP) is 2.59. The molecule has 3 aromatic rings. The minimum Gasteiger partial charge on any atom is -0.487 e. The zero-order valence-electron chi connectivity index (χ0n) is 17.3. The van der Waals surface area contributed by atoms with E-state index in [4.69, 9.17) is 4.74 Å². The summed E-state index contributed by atoms with van der Waals surface area (Å²) in [6.07, 6.45) is -0.258. The standard InChI is InChI=1S/C22H23FN4O3S/c1-14-7-22(25-26(14)2)31(28,29)27-12-19(13-27)30-21-9-17-11-24-10-16(17)8-20(21)15-3-5-18(23)6-4-15/h3-9,19,24H,10-13H2,1-2H3. The van der Waals surface area contributed by atoms with Gasteiger partial charge in [-0.15, -0.1) is 0 Å². The highest BCUT2D eigenvalue weighted by Gasteiger charge is 2.40. The SMILES string of the molecule is Cc1cc(S(=O)(=O)N2CC(Oc3cc4c(cc3-c3ccc(F)cc3)CNC4)C2)nn1C. The zero-order valence-corrected chi connectivity index (χ0v) is 18.1. The fraction of sp³-hybridized carbons (Fsp3) is 0.318. The number of aryl methyl sites for hydroxylation is 2. The Balaban J connectivity index is 1.37. The highest BCUT2D eigenvalue weighted by molar-refractivity contribution is 7.89. The van der Waals surface area contributed by atoms with Crippen molar-refractivity contribution in [2.24, 2.45) is 7.05 Å². The first-order chi connectivity index (χ1) is 14.8. The van der Waals surface area contributed by atoms with Crippen molar-refractivity contribution in [3.8, 4) is 16.9 Å². The van der Waals surface area contributed by atoms with E-state index < -0.39 is 10.0 Å². The van der Waals surface area contributed by atoms with Crippen molar-refractivity contribution in [2.75, 3.05) is 13.1 Å². The molecule has 0 unspecified atom stereocenters. The second-order valence-corrected chi connectivity index (χ2v) is 9.92. The fourth-order valence-corrected chi connectivity index (χ4v) is 5.45. The lowest BCUT2D eigenvalue weighted by atomic mass is 9.99. The van der Waals surface area contributed by atoms with Gasteiger partial charge >= 0.3 is 0 Å². The van der Waals surface area contributed by atoms with Crippen molar-refractivity contribution in [1.29, 1.82) is 0 Å². The Hall–Kier alpha value is -2.75. The molecule has 9 heteroatoms. The number of aromatic nitrogens is 2. The van der Waals surface area contributed by atoms with Gasteiger partial charge in [-0.05, 0) is 53.9 Å². The van der Waals surface area contributed by atoms with E-state index in [1.807, 2.05) is 13.0 Å². The molecule has 0 aliphatic carbocycles. The molecule has 1 N–H and O–H groups in total. The van der Waals surface area contributed by atoms with E-state index in [0.29, 0.717) is 5.75 Å². The van der Waals surface area contributed by atoms with Crippen LogP contribution in [0, 0.1) is 12.7 Å². The van der Waals surface area contributed by atoms with Crippen LogP contribution in [0.15, 0.2) is 47.5 Å². The topological polar surface area (TPSA) is 76.5 Å². The van der Waals surface area contributed by atoms with Crippen molar-refractivity contribution < 1.29 is 17.5 Å². The van der Waals surface area contributed by atoms with E-state index in [9.17, 15) is 12.8 Å². The maximum Gasteiger partial charge on any atom is 0.262 e. The van der Waals surface area contributed by atoms with Crippen molar-refractivity contribution in [3.05, 3.63) is 65.1 Å². The van der Waals surface area contributed by atoms with Crippen LogP contribution in [0.1, 0.15) is 16.8 Å². The lowest BCUT2D eigenvalue weighted by Crippen LogP contribution is -2.56. The van der Waals surface area contributed by atoms with Crippen molar-refractivity contribution >= 4 is 10.0 Å². The van der Waals surface area contributed by atoms with Crippen molar-refractivity contribution in [1.82, 2.24) is 19.4 Å². The number of benzene rings is 2. The van der Waals surface area contributed by atoms with Crippen LogP contribution in [-0.4, -0.2) is 41.7 Å². The number of ether oxygens (including phenoxy) is 1. The molecule has 2 aliphatic rings. The van der Waals surface area contributed by atoms with E-state index in [1.165, 1.54) is 22.0 Å². The highest BCUT2D eigenvalue weighted by Crippen LogP contribution is 2.36. The second kappa shape index (κ2) is 7.44. The summed E-state index contributed by atoms with van der Waals surface area (Å²) in [6.45, 7) is 3.88. The third kappa shape index (κ3) is 3.62. The number of nitrogens with one attached hydrogen (secondary N) is 1. The monoisotopic (exact) mass is 442 g/mol. The Bertz CT molecular complexity index is 1230. The third-order valence-electron chi connectivity index (χ3n) is 5.89. The van der Waals surface area contributed by atoms with Gasteiger partial charge in [0.05, 0.1) is 13.1 Å². The van der Waals surface area contributed by atoms with Crippen molar-refractivity contribution in [3.63, 3.8) is 0 Å². The molecule has 1 saturated heterocycles. The van der Waals surface area contributed by atoms with Gasteiger partial charge in [-0.1, -0.05) is 12.1 Å². The summed E-state index contributed by atoms with van der Waals surface area (Å²) >= 11 is 0. The largest absolute Gasteiger partial charge is 0.487 e. The van der Waals surface area contributed by atoms with Crippen LogP contribution in [0.4, 0.5) is 4.39 Å². The number of halogens is 1. The first-order valence-electron chi connectivity index (χ1n) is 10.1. The molecule has 0 radical (unpaired) electrons. The molecule has 3 heterocycles. The van der Waals surface area contributed by atoms with E-state index in [0.717, 1.165) is 35.5 Å². The lowest BCUT2D eigenvalue weighted by molar-refractivity contribution is 0.0764. The zero-order chi connectivity index (χ0) is 21.8. The van der Waals surface area contributed by atoms with Crippen LogP contribution < -0.4 is 10.1 Å². The van der Waals surface area contributed by atoms with Gasteiger partial charge < -0.3 is 10.1 Å². The fourth-order valence-electron chi connectivity index (χ4n) is 3.92. The van der Waals surface area contributed by atoms with Crippen LogP contribution in [0.2, 0.25) is 0 Å². The number of sulfonamides is 1. The Morgan fingerprint density at radius 3 is 2.42 bits per heavy atom. The molecular weight excluding hydrogens is 419 g/mol. The predicted molar refractivity (Wildman–Crippen MR) is 113 cm³/mol. The second-order valence-electron chi connectivity index (χ2n) is 8.04. The highest BCUT2D eigenvalue weighted by atomic mass is 32.2. The Labute approximate surface area is 180 Å². The number of hydrogen-bond donors (Lipinski definition) is 1.